The van der Waals surface area contributed by atoms with E-state index in [1.807, 2.05) is 0 Å². The molecule has 1 aliphatic rings. The summed E-state index contributed by atoms with van der Waals surface area (Å²) in [5.41, 5.74) is 1.20. The van der Waals surface area contributed by atoms with E-state index < -0.39 is 0 Å². The monoisotopic (exact) mass is 359 g/mol. The highest BCUT2D eigenvalue weighted by Gasteiger charge is 2.25. The van der Waals surface area contributed by atoms with Crippen molar-refractivity contribution in [2.45, 2.75) is 39.2 Å². The summed E-state index contributed by atoms with van der Waals surface area (Å²) in [5.74, 6) is 1.60. The minimum atomic E-state index is 0.601. The van der Waals surface area contributed by atoms with Crippen LogP contribution in [0.4, 0.5) is 5.69 Å². The molecule has 2 rings (SSSR count). The van der Waals surface area contributed by atoms with E-state index in [1.165, 1.54) is 24.9 Å². The Hall–Kier alpha value is -0.0200. The van der Waals surface area contributed by atoms with Crippen molar-refractivity contribution in [2.75, 3.05) is 5.32 Å². The van der Waals surface area contributed by atoms with Gasteiger partial charge < -0.3 is 5.32 Å². The van der Waals surface area contributed by atoms with E-state index in [-0.39, 0.29) is 0 Å². The van der Waals surface area contributed by atoms with Gasteiger partial charge in [-0.15, -0.1) is 0 Å². The van der Waals surface area contributed by atoms with Crippen LogP contribution in [0.5, 0.6) is 0 Å². The second-order valence-corrected chi connectivity index (χ2v) is 7.04. The average Bonchev–Trinajstić information content (AvgIpc) is 2.28. The highest BCUT2D eigenvalue weighted by atomic mass is 79.9. The molecule has 0 heterocycles. The second-order valence-electron chi connectivity index (χ2n) is 5.27. The molecule has 17 heavy (non-hydrogen) atoms. The average molecular weight is 361 g/mol. The molecule has 1 saturated carbocycles. The summed E-state index contributed by atoms with van der Waals surface area (Å²) >= 11 is 7.14. The van der Waals surface area contributed by atoms with Crippen molar-refractivity contribution in [3.63, 3.8) is 0 Å². The van der Waals surface area contributed by atoms with Crippen LogP contribution < -0.4 is 5.32 Å². The van der Waals surface area contributed by atoms with Crippen LogP contribution in [0.1, 0.15) is 33.1 Å². The molecule has 1 aromatic carbocycles. The summed E-state index contributed by atoms with van der Waals surface area (Å²) in [5, 5.41) is 3.69. The van der Waals surface area contributed by atoms with Crippen LogP contribution >= 0.6 is 31.9 Å². The van der Waals surface area contributed by atoms with Gasteiger partial charge in [-0.3, -0.25) is 0 Å². The molecule has 0 bridgehead atoms. The van der Waals surface area contributed by atoms with Crippen LogP contribution in [-0.2, 0) is 0 Å². The summed E-state index contributed by atoms with van der Waals surface area (Å²) in [6.45, 7) is 4.71. The fraction of sp³-hybridized carbons (Fsp3) is 0.571. The van der Waals surface area contributed by atoms with Crippen LogP contribution in [0.2, 0.25) is 0 Å². The Morgan fingerprint density at radius 2 is 1.94 bits per heavy atom. The molecule has 0 aliphatic heterocycles. The van der Waals surface area contributed by atoms with Gasteiger partial charge >= 0.3 is 0 Å². The second kappa shape index (κ2) is 5.75. The summed E-state index contributed by atoms with van der Waals surface area (Å²) in [4.78, 5) is 0. The smallest absolute Gasteiger partial charge is 0.0498 e. The number of rotatable bonds is 2. The Morgan fingerprint density at radius 1 is 1.18 bits per heavy atom. The van der Waals surface area contributed by atoms with Crippen molar-refractivity contribution < 1.29 is 0 Å². The number of hydrogen-bond acceptors (Lipinski definition) is 1. The number of halogens is 2. The van der Waals surface area contributed by atoms with Crippen molar-refractivity contribution in [3.8, 4) is 0 Å². The first-order valence-electron chi connectivity index (χ1n) is 6.28. The predicted octanol–water partition coefficient (Wildman–Crippen LogP) is 5.45. The lowest BCUT2D eigenvalue weighted by Gasteiger charge is -2.34. The van der Waals surface area contributed by atoms with Crippen molar-refractivity contribution in [1.29, 1.82) is 0 Å². The highest BCUT2D eigenvalue weighted by Crippen LogP contribution is 2.33. The van der Waals surface area contributed by atoms with Crippen LogP contribution in [0.15, 0.2) is 27.1 Å². The Labute approximate surface area is 121 Å². The van der Waals surface area contributed by atoms with Gasteiger partial charge in [0.15, 0.2) is 0 Å². The Kier molecular flexibility index (Phi) is 4.53. The first-order valence-corrected chi connectivity index (χ1v) is 7.86. The van der Waals surface area contributed by atoms with Gasteiger partial charge in [0.25, 0.3) is 0 Å². The first kappa shape index (κ1) is 13.4. The zero-order chi connectivity index (χ0) is 12.4. The van der Waals surface area contributed by atoms with Crippen LogP contribution in [0.3, 0.4) is 0 Å². The third-order valence-corrected chi connectivity index (χ3v) is 4.91. The summed E-state index contributed by atoms with van der Waals surface area (Å²) < 4.78 is 2.27. The predicted molar refractivity (Wildman–Crippen MR) is 81.4 cm³/mol. The van der Waals surface area contributed by atoms with Gasteiger partial charge in [-0.1, -0.05) is 36.2 Å². The summed E-state index contributed by atoms with van der Waals surface area (Å²) in [7, 11) is 0. The van der Waals surface area contributed by atoms with E-state index in [0.717, 1.165) is 20.8 Å². The topological polar surface area (TPSA) is 12.0 Å². The molecule has 3 unspecified atom stereocenters. The molecule has 1 aromatic rings. The van der Waals surface area contributed by atoms with Gasteiger partial charge in [0.2, 0.25) is 0 Å². The third kappa shape index (κ3) is 3.47. The molecule has 1 N–H and O–H groups in total. The molecule has 0 spiro atoms. The molecule has 3 atom stereocenters. The minimum Gasteiger partial charge on any atom is -0.381 e. The van der Waals surface area contributed by atoms with E-state index in [9.17, 15) is 0 Å². The molecule has 1 aliphatic carbocycles. The van der Waals surface area contributed by atoms with Crippen molar-refractivity contribution in [3.05, 3.63) is 27.1 Å². The molecule has 0 amide bonds. The van der Waals surface area contributed by atoms with E-state index in [2.05, 4.69) is 69.2 Å². The third-order valence-electron chi connectivity index (χ3n) is 3.73. The molecule has 1 fully saturated rings. The first-order chi connectivity index (χ1) is 8.06. The van der Waals surface area contributed by atoms with Gasteiger partial charge in [0, 0.05) is 20.7 Å². The molecular formula is C14H19Br2N. The fourth-order valence-electron chi connectivity index (χ4n) is 2.54. The lowest BCUT2D eigenvalue weighted by Crippen LogP contribution is -2.33. The molecule has 94 valence electrons. The maximum atomic E-state index is 3.69. The maximum absolute atomic E-state index is 3.69. The standard InChI is InChI=1S/C14H19Br2N/c1-9-3-4-10(2)13(7-9)17-14-8-11(15)5-6-12(14)16/h5-6,8-10,13,17H,3-4,7H2,1-2H3. The Bertz CT molecular complexity index is 392. The van der Waals surface area contributed by atoms with Gasteiger partial charge in [-0.25, -0.2) is 0 Å². The lowest BCUT2D eigenvalue weighted by atomic mass is 9.80. The molecular weight excluding hydrogens is 342 g/mol. The van der Waals surface area contributed by atoms with Crippen molar-refractivity contribution in [1.82, 2.24) is 0 Å². The number of nitrogens with one attached hydrogen (secondary N) is 1. The van der Waals surface area contributed by atoms with Crippen LogP contribution in [0.25, 0.3) is 0 Å². The lowest BCUT2D eigenvalue weighted by molar-refractivity contribution is 0.280. The SMILES string of the molecule is CC1CCC(C)C(Nc2cc(Br)ccc2Br)C1. The van der Waals surface area contributed by atoms with Crippen molar-refractivity contribution >= 4 is 37.5 Å². The normalized spacial score (nSPS) is 29.1. The number of benzene rings is 1. The molecule has 0 saturated heterocycles. The van der Waals surface area contributed by atoms with Gasteiger partial charge in [-0.2, -0.15) is 0 Å². The molecule has 0 aromatic heterocycles. The van der Waals surface area contributed by atoms with Gasteiger partial charge in [0.1, 0.15) is 0 Å². The largest absolute Gasteiger partial charge is 0.381 e. The Balaban J connectivity index is 2.11. The zero-order valence-electron chi connectivity index (χ0n) is 10.3. The van der Waals surface area contributed by atoms with Gasteiger partial charge in [0.05, 0.1) is 0 Å². The number of anilines is 1. The summed E-state index contributed by atoms with van der Waals surface area (Å²) in [6, 6.07) is 6.89. The van der Waals surface area contributed by atoms with E-state index >= 15 is 0 Å². The van der Waals surface area contributed by atoms with E-state index in [0.29, 0.717) is 6.04 Å². The minimum absolute atomic E-state index is 0.601. The molecule has 3 heteroatoms. The number of hydrogen-bond donors (Lipinski definition) is 1. The maximum Gasteiger partial charge on any atom is 0.0498 e. The fourth-order valence-corrected chi connectivity index (χ4v) is 3.26. The highest BCUT2D eigenvalue weighted by molar-refractivity contribution is 9.11. The Morgan fingerprint density at radius 3 is 2.71 bits per heavy atom. The summed E-state index contributed by atoms with van der Waals surface area (Å²) in [6.07, 6.45) is 3.99. The van der Waals surface area contributed by atoms with Crippen LogP contribution in [0, 0.1) is 11.8 Å². The van der Waals surface area contributed by atoms with E-state index in [1.54, 1.807) is 0 Å². The zero-order valence-corrected chi connectivity index (χ0v) is 13.5. The van der Waals surface area contributed by atoms with E-state index in [4.69, 9.17) is 0 Å². The van der Waals surface area contributed by atoms with Gasteiger partial charge in [-0.05, 0) is 58.8 Å². The van der Waals surface area contributed by atoms with Crippen molar-refractivity contribution in [2.24, 2.45) is 11.8 Å². The molecule has 0 radical (unpaired) electrons. The molecule has 1 nitrogen and oxygen atoms in total. The van der Waals surface area contributed by atoms with Crippen LogP contribution in [-0.4, -0.2) is 6.04 Å². The quantitative estimate of drug-likeness (QED) is 0.739.